The molecule has 0 unspecified atom stereocenters. The van der Waals surface area contributed by atoms with Crippen LogP contribution in [0.1, 0.15) is 6.92 Å². The van der Waals surface area contributed by atoms with E-state index in [-0.39, 0.29) is 18.0 Å². The Hall–Kier alpha value is -1.52. The van der Waals surface area contributed by atoms with E-state index in [1.807, 2.05) is 0 Å². The van der Waals surface area contributed by atoms with Gasteiger partial charge in [0.05, 0.1) is 11.0 Å². The first-order valence-corrected chi connectivity index (χ1v) is 6.19. The molecule has 92 valence electrons. The summed E-state index contributed by atoms with van der Waals surface area (Å²) in [7, 11) is -3.95. The predicted octanol–water partition coefficient (Wildman–Crippen LogP) is 1.50. The van der Waals surface area contributed by atoms with Crippen LogP contribution >= 0.6 is 0 Å². The van der Waals surface area contributed by atoms with E-state index < -0.39 is 21.7 Å². The molecule has 7 heteroatoms. The number of rotatable bonds is 4. The third-order valence-electron chi connectivity index (χ3n) is 2.13. The second-order valence-electron chi connectivity index (χ2n) is 3.17. The Bertz CT molecular complexity index is 552. The average Bonchev–Trinajstić information content (AvgIpc) is 2.29. The van der Waals surface area contributed by atoms with Crippen LogP contribution in [0, 0.1) is 23.0 Å². The van der Waals surface area contributed by atoms with Gasteiger partial charge >= 0.3 is 0 Å². The van der Waals surface area contributed by atoms with Crippen LogP contribution in [0.4, 0.5) is 8.78 Å². The van der Waals surface area contributed by atoms with Crippen molar-refractivity contribution in [3.8, 4) is 6.07 Å². The maximum atomic E-state index is 12.9. The molecule has 17 heavy (non-hydrogen) atoms. The van der Waals surface area contributed by atoms with Crippen LogP contribution in [0.15, 0.2) is 23.1 Å². The van der Waals surface area contributed by atoms with Crippen molar-refractivity contribution in [1.82, 2.24) is 4.31 Å². The van der Waals surface area contributed by atoms with Crippen LogP contribution in [0.5, 0.6) is 0 Å². The smallest absolute Gasteiger partial charge is 0.207 e. The maximum Gasteiger partial charge on any atom is 0.244 e. The molecule has 0 heterocycles. The van der Waals surface area contributed by atoms with Crippen molar-refractivity contribution in [1.29, 1.82) is 5.26 Å². The minimum absolute atomic E-state index is 0.0783. The van der Waals surface area contributed by atoms with E-state index >= 15 is 0 Å². The molecule has 0 saturated heterocycles. The fraction of sp³-hybridized carbons (Fsp3) is 0.300. The van der Waals surface area contributed by atoms with Crippen molar-refractivity contribution in [2.24, 2.45) is 0 Å². The number of nitrogens with zero attached hydrogens (tertiary/aromatic N) is 2. The molecule has 0 bridgehead atoms. The van der Waals surface area contributed by atoms with Crippen molar-refractivity contribution >= 4 is 10.0 Å². The van der Waals surface area contributed by atoms with Crippen molar-refractivity contribution in [3.63, 3.8) is 0 Å². The number of hydrogen-bond donors (Lipinski definition) is 0. The summed E-state index contributed by atoms with van der Waals surface area (Å²) in [4.78, 5) is -0.367. The van der Waals surface area contributed by atoms with E-state index in [1.165, 1.54) is 0 Å². The fourth-order valence-corrected chi connectivity index (χ4v) is 2.59. The Kier molecular flexibility index (Phi) is 4.15. The highest BCUT2D eigenvalue weighted by Gasteiger charge is 2.23. The van der Waals surface area contributed by atoms with E-state index in [0.717, 1.165) is 16.4 Å². The summed E-state index contributed by atoms with van der Waals surface area (Å²) in [5.74, 6) is -2.36. The third-order valence-corrected chi connectivity index (χ3v) is 4.05. The lowest BCUT2D eigenvalue weighted by atomic mass is 10.3. The molecule has 0 aliphatic rings. The molecule has 0 aliphatic carbocycles. The van der Waals surface area contributed by atoms with Crippen LogP contribution in [-0.2, 0) is 10.0 Å². The lowest BCUT2D eigenvalue weighted by Gasteiger charge is -2.17. The predicted molar refractivity (Wildman–Crippen MR) is 56.4 cm³/mol. The quantitative estimate of drug-likeness (QED) is 0.771. The van der Waals surface area contributed by atoms with Crippen molar-refractivity contribution < 1.29 is 17.2 Å². The molecule has 1 aromatic carbocycles. The van der Waals surface area contributed by atoms with Gasteiger partial charge in [0.15, 0.2) is 11.6 Å². The summed E-state index contributed by atoms with van der Waals surface area (Å²) in [5, 5.41) is 8.49. The Labute approximate surface area is 98.1 Å². The Morgan fingerprint density at radius 2 is 2.00 bits per heavy atom. The topological polar surface area (TPSA) is 61.2 Å². The second-order valence-corrected chi connectivity index (χ2v) is 5.10. The van der Waals surface area contributed by atoms with Gasteiger partial charge in [-0.15, -0.1) is 0 Å². The second kappa shape index (κ2) is 5.21. The van der Waals surface area contributed by atoms with E-state index in [4.69, 9.17) is 5.26 Å². The average molecular weight is 260 g/mol. The lowest BCUT2D eigenvalue weighted by Crippen LogP contribution is -2.31. The molecule has 0 saturated carbocycles. The van der Waals surface area contributed by atoms with Crippen molar-refractivity contribution in [3.05, 3.63) is 29.8 Å². The molecule has 4 nitrogen and oxygen atoms in total. The zero-order chi connectivity index (χ0) is 13.1. The number of halogens is 2. The fourth-order valence-electron chi connectivity index (χ4n) is 1.23. The molecular formula is C10H10F2N2O2S. The van der Waals surface area contributed by atoms with E-state index in [1.54, 1.807) is 13.0 Å². The summed E-state index contributed by atoms with van der Waals surface area (Å²) in [6.45, 7) is 1.29. The third kappa shape index (κ3) is 2.78. The van der Waals surface area contributed by atoms with E-state index in [0.29, 0.717) is 6.07 Å². The van der Waals surface area contributed by atoms with Gasteiger partial charge in [-0.25, -0.2) is 17.2 Å². The highest BCUT2D eigenvalue weighted by atomic mass is 32.2. The van der Waals surface area contributed by atoms with Gasteiger partial charge in [-0.05, 0) is 18.2 Å². The molecule has 0 radical (unpaired) electrons. The normalized spacial score (nSPS) is 11.5. The van der Waals surface area contributed by atoms with Crippen LogP contribution in [0.25, 0.3) is 0 Å². The largest absolute Gasteiger partial charge is 0.244 e. The van der Waals surface area contributed by atoms with Gasteiger partial charge in [-0.3, -0.25) is 0 Å². The Balaban J connectivity index is 3.21. The Morgan fingerprint density at radius 3 is 2.47 bits per heavy atom. The molecule has 0 amide bonds. The van der Waals surface area contributed by atoms with Crippen LogP contribution in [0.2, 0.25) is 0 Å². The first-order chi connectivity index (χ1) is 7.93. The first kappa shape index (κ1) is 13.5. The molecule has 0 atom stereocenters. The van der Waals surface area contributed by atoms with Crippen molar-refractivity contribution in [2.75, 3.05) is 13.1 Å². The number of sulfonamides is 1. The summed E-state index contributed by atoms with van der Waals surface area (Å²) in [6.07, 6.45) is 0. The van der Waals surface area contributed by atoms with Gasteiger partial charge in [-0.1, -0.05) is 6.92 Å². The van der Waals surface area contributed by atoms with E-state index in [9.17, 15) is 17.2 Å². The lowest BCUT2D eigenvalue weighted by molar-refractivity contribution is 0.459. The number of hydrogen-bond acceptors (Lipinski definition) is 3. The van der Waals surface area contributed by atoms with E-state index in [2.05, 4.69) is 0 Å². The monoisotopic (exact) mass is 260 g/mol. The zero-order valence-corrected chi connectivity index (χ0v) is 9.84. The van der Waals surface area contributed by atoms with Gasteiger partial charge < -0.3 is 0 Å². The summed E-state index contributed by atoms with van der Waals surface area (Å²) in [5.41, 5.74) is 0. The number of nitriles is 1. The SMILES string of the molecule is CCN(CC#N)S(=O)(=O)c1ccc(F)c(F)c1. The zero-order valence-electron chi connectivity index (χ0n) is 9.02. The molecule has 0 spiro atoms. The minimum Gasteiger partial charge on any atom is -0.207 e. The summed E-state index contributed by atoms with van der Waals surface area (Å²) >= 11 is 0. The minimum atomic E-state index is -3.95. The molecule has 0 fully saturated rings. The molecule has 1 aromatic rings. The molecular weight excluding hydrogens is 250 g/mol. The van der Waals surface area contributed by atoms with Crippen LogP contribution < -0.4 is 0 Å². The van der Waals surface area contributed by atoms with Crippen LogP contribution in [0.3, 0.4) is 0 Å². The maximum absolute atomic E-state index is 12.9. The molecule has 0 aromatic heterocycles. The summed E-state index contributed by atoms with van der Waals surface area (Å²) in [6, 6.07) is 4.01. The molecule has 1 rings (SSSR count). The standard InChI is InChI=1S/C10H10F2N2O2S/c1-2-14(6-5-13)17(15,16)8-3-4-9(11)10(12)7-8/h3-4,7H,2,6H2,1H3. The highest BCUT2D eigenvalue weighted by Crippen LogP contribution is 2.17. The van der Waals surface area contributed by atoms with Gasteiger partial charge in [0.1, 0.15) is 6.54 Å². The van der Waals surface area contributed by atoms with Gasteiger partial charge in [0, 0.05) is 6.54 Å². The molecule has 0 aliphatic heterocycles. The van der Waals surface area contributed by atoms with Crippen molar-refractivity contribution in [2.45, 2.75) is 11.8 Å². The van der Waals surface area contributed by atoms with Gasteiger partial charge in [0.25, 0.3) is 0 Å². The van der Waals surface area contributed by atoms with Gasteiger partial charge in [0.2, 0.25) is 10.0 Å². The summed E-state index contributed by atoms with van der Waals surface area (Å²) < 4.78 is 50.3. The first-order valence-electron chi connectivity index (χ1n) is 4.75. The molecule has 0 N–H and O–H groups in total. The van der Waals surface area contributed by atoms with Crippen LogP contribution in [-0.4, -0.2) is 25.8 Å². The highest BCUT2D eigenvalue weighted by molar-refractivity contribution is 7.89. The Morgan fingerprint density at radius 1 is 1.35 bits per heavy atom. The number of benzene rings is 1. The van der Waals surface area contributed by atoms with Gasteiger partial charge in [-0.2, -0.15) is 9.57 Å².